The van der Waals surface area contributed by atoms with E-state index in [-0.39, 0.29) is 6.54 Å². The van der Waals surface area contributed by atoms with Crippen molar-refractivity contribution in [2.45, 2.75) is 6.10 Å². The summed E-state index contributed by atoms with van der Waals surface area (Å²) < 4.78 is 37.8. The number of halogens is 1. The predicted octanol–water partition coefficient (Wildman–Crippen LogP) is 4.53. The minimum absolute atomic E-state index is 0.227. The van der Waals surface area contributed by atoms with Gasteiger partial charge in [-0.2, -0.15) is 0 Å². The summed E-state index contributed by atoms with van der Waals surface area (Å²) in [6.07, 6.45) is -1.07. The van der Waals surface area contributed by atoms with Gasteiger partial charge in [-0.05, 0) is 53.1 Å². The van der Waals surface area contributed by atoms with E-state index in [1.165, 1.54) is 7.11 Å². The number of aliphatic hydroxyl groups excluding tert-OH is 1. The molecule has 1 atom stereocenters. The van der Waals surface area contributed by atoms with Crippen LogP contribution < -0.4 is 10.6 Å². The molecule has 0 aliphatic heterocycles. The molecule has 0 heterocycles. The third-order valence-electron chi connectivity index (χ3n) is 4.37. The fraction of sp³-hybridized carbons (Fsp3) is 0.208. The first-order valence-electron chi connectivity index (χ1n) is 11.3. The van der Waals surface area contributed by atoms with Crippen LogP contribution in [-0.4, -0.2) is 37.7 Å². The topological polar surface area (TPSA) is 70.6 Å². The molecule has 0 aliphatic rings. The lowest BCUT2D eigenvalue weighted by molar-refractivity contribution is 0.0601. The molecular weight excluding hydrogens is 400 g/mol. The predicted molar refractivity (Wildman–Crippen MR) is 121 cm³/mol. The van der Waals surface area contributed by atoms with E-state index in [1.54, 1.807) is 72.8 Å². The van der Waals surface area contributed by atoms with Gasteiger partial charge in [-0.25, -0.2) is 4.79 Å². The fourth-order valence-electron chi connectivity index (χ4n) is 2.85. The van der Waals surface area contributed by atoms with Crippen molar-refractivity contribution in [1.82, 2.24) is 5.32 Å². The largest absolute Gasteiger partial charge is 0.465 e. The Morgan fingerprint density at radius 3 is 2.57 bits per heavy atom. The normalized spacial score (nSPS) is 14.6. The molecule has 3 N–H and O–H groups in total. The van der Waals surface area contributed by atoms with Gasteiger partial charge in [0, 0.05) is 33.0 Å². The van der Waals surface area contributed by atoms with Crippen molar-refractivity contribution in [2.75, 3.05) is 32.0 Å². The number of rotatable bonds is 9. The van der Waals surface area contributed by atoms with Crippen molar-refractivity contribution in [3.63, 3.8) is 0 Å². The number of methoxy groups -OCH3 is 1. The van der Waals surface area contributed by atoms with Crippen LogP contribution in [0.15, 0.2) is 72.8 Å². The van der Waals surface area contributed by atoms with E-state index in [2.05, 4.69) is 10.6 Å². The van der Waals surface area contributed by atoms with Crippen LogP contribution in [0, 0.1) is 0 Å². The molecule has 0 saturated carbocycles. The van der Waals surface area contributed by atoms with Crippen molar-refractivity contribution in [1.29, 1.82) is 0 Å². The average Bonchev–Trinajstić information content (AvgIpc) is 2.82. The highest BCUT2D eigenvalue weighted by molar-refractivity contribution is 6.30. The second kappa shape index (κ2) is 10.8. The quantitative estimate of drug-likeness (QED) is 0.437. The number of esters is 1. The van der Waals surface area contributed by atoms with Crippen LogP contribution in [0.4, 0.5) is 5.69 Å². The Bertz CT molecular complexity index is 1160. The average molecular weight is 429 g/mol. The van der Waals surface area contributed by atoms with Crippen LogP contribution in [0.2, 0.25) is 5.02 Å². The summed E-state index contributed by atoms with van der Waals surface area (Å²) in [5.74, 6) is -0.466. The van der Waals surface area contributed by atoms with Crippen molar-refractivity contribution in [3.05, 3.63) is 88.9 Å². The van der Waals surface area contributed by atoms with Gasteiger partial charge in [-0.3, -0.25) is 0 Å². The Labute approximate surface area is 187 Å². The van der Waals surface area contributed by atoms with Gasteiger partial charge in [0.05, 0.1) is 21.5 Å². The van der Waals surface area contributed by atoms with Gasteiger partial charge in [-0.15, -0.1) is 0 Å². The minimum atomic E-state index is -2.53. The summed E-state index contributed by atoms with van der Waals surface area (Å²) in [4.78, 5) is 11.8. The van der Waals surface area contributed by atoms with Crippen LogP contribution in [0.5, 0.6) is 0 Å². The first-order chi connectivity index (χ1) is 16.0. The molecule has 0 bridgehead atoms. The summed E-state index contributed by atoms with van der Waals surface area (Å²) in [6.45, 7) is -5.30. The number of anilines is 1. The molecule has 0 radical (unpaired) electrons. The van der Waals surface area contributed by atoms with Gasteiger partial charge < -0.3 is 20.5 Å². The van der Waals surface area contributed by atoms with E-state index >= 15 is 0 Å². The molecule has 0 saturated heterocycles. The second-order valence-corrected chi connectivity index (χ2v) is 6.92. The van der Waals surface area contributed by atoms with Gasteiger partial charge >= 0.3 is 5.97 Å². The minimum Gasteiger partial charge on any atom is -0.465 e. The zero-order chi connectivity index (χ0) is 24.9. The van der Waals surface area contributed by atoms with Gasteiger partial charge in [0.1, 0.15) is 0 Å². The van der Waals surface area contributed by atoms with E-state index in [0.29, 0.717) is 27.4 Å². The Hall–Kier alpha value is -2.86. The van der Waals surface area contributed by atoms with Gasteiger partial charge in [0.25, 0.3) is 0 Å². The van der Waals surface area contributed by atoms with E-state index in [9.17, 15) is 9.90 Å². The molecule has 3 rings (SSSR count). The van der Waals surface area contributed by atoms with Gasteiger partial charge in [-0.1, -0.05) is 48.0 Å². The summed E-state index contributed by atoms with van der Waals surface area (Å²) in [5, 5.41) is 15.8. The summed E-state index contributed by atoms with van der Waals surface area (Å²) >= 11 is 5.93. The standard InChI is InChI=1S/C24H25ClN2O3/c1-30-24(29)20-8-2-5-17(13-20)18-6-4-10-22(15-18)27-12-11-26-16-23(28)19-7-3-9-21(25)14-19/h2-10,13-15,23,26-28H,11-12,16H2,1H3/t23-/m0/s1/i11D2,12D2. The van der Waals surface area contributed by atoms with Crippen molar-refractivity contribution >= 4 is 23.3 Å². The number of hydrogen-bond acceptors (Lipinski definition) is 5. The monoisotopic (exact) mass is 428 g/mol. The molecule has 0 fully saturated rings. The number of carbonyl (C=O) groups excluding carboxylic acids is 1. The molecule has 3 aromatic rings. The zero-order valence-electron chi connectivity index (χ0n) is 20.4. The molecule has 6 heteroatoms. The Kier molecular flexibility index (Phi) is 6.07. The summed E-state index contributed by atoms with van der Waals surface area (Å²) in [5.41, 5.74) is 2.64. The van der Waals surface area contributed by atoms with Crippen molar-refractivity contribution in [3.8, 4) is 11.1 Å². The number of aliphatic hydroxyl groups is 1. The zero-order valence-corrected chi connectivity index (χ0v) is 17.1. The third-order valence-corrected chi connectivity index (χ3v) is 4.60. The lowest BCUT2D eigenvalue weighted by Gasteiger charge is -2.13. The SMILES string of the molecule is [2H]C([2H])(NC[C@H](O)c1cccc(Cl)c1)C([2H])([2H])Nc1cccc(-c2cccc(C(=O)OC)c2)c1. The van der Waals surface area contributed by atoms with Gasteiger partial charge in [0.2, 0.25) is 0 Å². The van der Waals surface area contributed by atoms with Crippen LogP contribution in [0.25, 0.3) is 11.1 Å². The second-order valence-electron chi connectivity index (χ2n) is 6.48. The smallest absolute Gasteiger partial charge is 0.337 e. The molecule has 0 aliphatic carbocycles. The maximum Gasteiger partial charge on any atom is 0.337 e. The first-order valence-corrected chi connectivity index (χ1v) is 9.66. The summed E-state index contributed by atoms with van der Waals surface area (Å²) in [6, 6.07) is 20.1. The Morgan fingerprint density at radius 1 is 1.07 bits per heavy atom. The number of carbonyl (C=O) groups is 1. The van der Waals surface area contributed by atoms with Crippen molar-refractivity contribution < 1.29 is 20.1 Å². The van der Waals surface area contributed by atoms with E-state index < -0.39 is 25.1 Å². The maximum atomic E-state index is 11.8. The molecular formula is C24H25ClN2O3. The number of benzene rings is 3. The van der Waals surface area contributed by atoms with E-state index in [0.717, 1.165) is 5.56 Å². The van der Waals surface area contributed by atoms with Crippen LogP contribution >= 0.6 is 11.6 Å². The van der Waals surface area contributed by atoms with Crippen molar-refractivity contribution in [2.24, 2.45) is 0 Å². The Morgan fingerprint density at radius 2 is 1.80 bits per heavy atom. The lowest BCUT2D eigenvalue weighted by Crippen LogP contribution is -2.26. The lowest BCUT2D eigenvalue weighted by atomic mass is 10.0. The molecule has 156 valence electrons. The van der Waals surface area contributed by atoms with Crippen LogP contribution in [0.1, 0.15) is 27.5 Å². The molecule has 3 aromatic carbocycles. The molecule has 0 amide bonds. The maximum absolute atomic E-state index is 11.8. The van der Waals surface area contributed by atoms with Crippen LogP contribution in [0.3, 0.4) is 0 Å². The van der Waals surface area contributed by atoms with Crippen LogP contribution in [-0.2, 0) is 4.74 Å². The highest BCUT2D eigenvalue weighted by Crippen LogP contribution is 2.24. The first kappa shape index (κ1) is 16.9. The number of hydrogen-bond donors (Lipinski definition) is 3. The summed E-state index contributed by atoms with van der Waals surface area (Å²) in [7, 11) is 1.30. The molecule has 0 aromatic heterocycles. The van der Waals surface area contributed by atoms with E-state index in [4.69, 9.17) is 21.8 Å². The number of nitrogens with one attached hydrogen (secondary N) is 2. The molecule has 0 unspecified atom stereocenters. The third kappa shape index (κ3) is 6.07. The molecule has 5 nitrogen and oxygen atoms in total. The van der Waals surface area contributed by atoms with E-state index in [1.807, 2.05) is 0 Å². The molecule has 0 spiro atoms. The Balaban J connectivity index is 1.73. The highest BCUT2D eigenvalue weighted by atomic mass is 35.5. The fourth-order valence-corrected chi connectivity index (χ4v) is 3.05. The van der Waals surface area contributed by atoms with Gasteiger partial charge in [0.15, 0.2) is 0 Å². The number of ether oxygens (including phenoxy) is 1. The highest BCUT2D eigenvalue weighted by Gasteiger charge is 2.08. The molecule has 30 heavy (non-hydrogen) atoms.